The minimum absolute atomic E-state index is 0.392. The Morgan fingerprint density at radius 3 is 2.71 bits per heavy atom. The molecule has 0 heterocycles. The number of hydrogen-bond donors (Lipinski definition) is 1. The molecule has 1 aromatic rings. The van der Waals surface area contributed by atoms with Gasteiger partial charge in [-0.15, -0.1) is 0 Å². The van der Waals surface area contributed by atoms with E-state index >= 15 is 0 Å². The first-order valence-electron chi connectivity index (χ1n) is 5.52. The lowest BCUT2D eigenvalue weighted by Crippen LogP contribution is -1.86. The van der Waals surface area contributed by atoms with Crippen LogP contribution < -0.4 is 0 Å². The molecule has 1 aromatic carbocycles. The van der Waals surface area contributed by atoms with Gasteiger partial charge in [0.05, 0.1) is 0 Å². The average molecular weight is 191 g/mol. The Balaban J connectivity index is 2.21. The van der Waals surface area contributed by atoms with E-state index in [0.717, 1.165) is 12.0 Å². The summed E-state index contributed by atoms with van der Waals surface area (Å²) in [5.41, 5.74) is 1.06. The second-order valence-corrected chi connectivity index (χ2v) is 3.72. The monoisotopic (exact) mass is 191 g/mol. The van der Waals surface area contributed by atoms with Crippen molar-refractivity contribution in [1.29, 1.82) is 0 Å². The zero-order valence-corrected chi connectivity index (χ0v) is 8.92. The maximum Gasteiger partial charge on any atom is 0.119 e. The summed E-state index contributed by atoms with van der Waals surface area (Å²) in [6.45, 7) is 2.22. The molecular formula is C13H19O. The Morgan fingerprint density at radius 2 is 2.00 bits per heavy atom. The molecule has 1 nitrogen and oxygen atoms in total. The maximum atomic E-state index is 9.48. The number of hydrogen-bond acceptors (Lipinski definition) is 1. The van der Waals surface area contributed by atoms with Crippen LogP contribution >= 0.6 is 0 Å². The van der Waals surface area contributed by atoms with Gasteiger partial charge in [-0.1, -0.05) is 44.7 Å². The van der Waals surface area contributed by atoms with Crippen LogP contribution in [0.5, 0.6) is 5.75 Å². The summed E-state index contributed by atoms with van der Waals surface area (Å²) >= 11 is 0. The van der Waals surface area contributed by atoms with Gasteiger partial charge in [0, 0.05) is 0 Å². The standard InChI is InChI=1S/C13H19O/c1-2-3-4-5-6-9-12-10-7-8-11-13(12)14/h7,10-11,14H,2-6,9H2,1H3. The van der Waals surface area contributed by atoms with Gasteiger partial charge in [0.25, 0.3) is 0 Å². The predicted molar refractivity (Wildman–Crippen MR) is 59.4 cm³/mol. The van der Waals surface area contributed by atoms with Crippen LogP contribution in [0.1, 0.15) is 44.6 Å². The summed E-state index contributed by atoms with van der Waals surface area (Å²) in [7, 11) is 0. The number of aromatic hydroxyl groups is 1. The number of phenolic OH excluding ortho intramolecular Hbond substituents is 1. The van der Waals surface area contributed by atoms with Gasteiger partial charge < -0.3 is 5.11 Å². The van der Waals surface area contributed by atoms with E-state index in [9.17, 15) is 5.11 Å². The van der Waals surface area contributed by atoms with E-state index in [0.29, 0.717) is 5.75 Å². The minimum Gasteiger partial charge on any atom is -0.508 e. The molecule has 77 valence electrons. The van der Waals surface area contributed by atoms with Crippen LogP contribution in [-0.2, 0) is 6.42 Å². The molecule has 1 rings (SSSR count). The van der Waals surface area contributed by atoms with E-state index in [-0.39, 0.29) is 0 Å². The van der Waals surface area contributed by atoms with E-state index in [1.807, 2.05) is 12.1 Å². The molecule has 1 heteroatoms. The summed E-state index contributed by atoms with van der Waals surface area (Å²) in [5.74, 6) is 0.392. The molecule has 0 saturated heterocycles. The predicted octanol–water partition coefficient (Wildman–Crippen LogP) is 3.71. The SMILES string of the molecule is CCCCCCCc1cc[c]cc1O. The van der Waals surface area contributed by atoms with Crippen LogP contribution in [-0.4, -0.2) is 5.11 Å². The molecule has 0 aliphatic rings. The highest BCUT2D eigenvalue weighted by molar-refractivity contribution is 5.31. The molecule has 0 aliphatic carbocycles. The van der Waals surface area contributed by atoms with Gasteiger partial charge in [-0.25, -0.2) is 0 Å². The zero-order chi connectivity index (χ0) is 10.2. The van der Waals surface area contributed by atoms with Gasteiger partial charge in [-0.2, -0.15) is 0 Å². The number of rotatable bonds is 6. The molecule has 0 aromatic heterocycles. The van der Waals surface area contributed by atoms with Crippen molar-refractivity contribution >= 4 is 0 Å². The molecular weight excluding hydrogens is 172 g/mol. The van der Waals surface area contributed by atoms with Crippen molar-refractivity contribution in [3.05, 3.63) is 29.8 Å². The zero-order valence-electron chi connectivity index (χ0n) is 8.92. The second-order valence-electron chi connectivity index (χ2n) is 3.72. The fraction of sp³-hybridized carbons (Fsp3) is 0.538. The molecule has 0 spiro atoms. The molecule has 0 unspecified atom stereocenters. The van der Waals surface area contributed by atoms with E-state index in [1.165, 1.54) is 32.1 Å². The number of benzene rings is 1. The van der Waals surface area contributed by atoms with Gasteiger partial charge in [-0.3, -0.25) is 0 Å². The van der Waals surface area contributed by atoms with Crippen molar-refractivity contribution in [3.8, 4) is 5.75 Å². The Bertz CT molecular complexity index is 255. The van der Waals surface area contributed by atoms with Crippen molar-refractivity contribution < 1.29 is 5.11 Å². The molecule has 0 bridgehead atoms. The molecule has 0 amide bonds. The molecule has 14 heavy (non-hydrogen) atoms. The molecule has 0 fully saturated rings. The summed E-state index contributed by atoms with van der Waals surface area (Å²) < 4.78 is 0. The van der Waals surface area contributed by atoms with Crippen molar-refractivity contribution in [3.63, 3.8) is 0 Å². The van der Waals surface area contributed by atoms with Crippen LogP contribution in [0.4, 0.5) is 0 Å². The van der Waals surface area contributed by atoms with Crippen molar-refractivity contribution in [2.75, 3.05) is 0 Å². The van der Waals surface area contributed by atoms with E-state index < -0.39 is 0 Å². The Hall–Kier alpha value is -0.980. The Labute approximate surface area is 86.8 Å². The number of phenols is 1. The van der Waals surface area contributed by atoms with Gasteiger partial charge >= 0.3 is 0 Å². The quantitative estimate of drug-likeness (QED) is 0.680. The smallest absolute Gasteiger partial charge is 0.119 e. The largest absolute Gasteiger partial charge is 0.508 e. The summed E-state index contributed by atoms with van der Waals surface area (Å²) in [6, 6.07) is 8.32. The fourth-order valence-electron chi connectivity index (χ4n) is 1.58. The first-order chi connectivity index (χ1) is 6.84. The van der Waals surface area contributed by atoms with Crippen LogP contribution in [0.15, 0.2) is 18.2 Å². The van der Waals surface area contributed by atoms with E-state index in [4.69, 9.17) is 0 Å². The van der Waals surface area contributed by atoms with Gasteiger partial charge in [0.1, 0.15) is 5.75 Å². The third-order valence-electron chi connectivity index (χ3n) is 2.48. The van der Waals surface area contributed by atoms with Crippen LogP contribution in [0.2, 0.25) is 0 Å². The lowest BCUT2D eigenvalue weighted by atomic mass is 10.0. The molecule has 1 radical (unpaired) electrons. The minimum atomic E-state index is 0.392. The van der Waals surface area contributed by atoms with E-state index in [1.54, 1.807) is 6.07 Å². The van der Waals surface area contributed by atoms with Crippen LogP contribution in [0.3, 0.4) is 0 Å². The molecule has 0 saturated carbocycles. The third kappa shape index (κ3) is 3.82. The normalized spacial score (nSPS) is 10.4. The van der Waals surface area contributed by atoms with Crippen molar-refractivity contribution in [2.45, 2.75) is 45.4 Å². The molecule has 0 aliphatic heterocycles. The summed E-state index contributed by atoms with van der Waals surface area (Å²) in [4.78, 5) is 0. The second kappa shape index (κ2) is 6.47. The average Bonchev–Trinajstić information content (AvgIpc) is 2.20. The number of aryl methyl sites for hydroxylation is 1. The lowest BCUT2D eigenvalue weighted by Gasteiger charge is -2.03. The van der Waals surface area contributed by atoms with E-state index in [2.05, 4.69) is 13.0 Å². The first kappa shape index (κ1) is 11.1. The highest BCUT2D eigenvalue weighted by Crippen LogP contribution is 2.18. The number of unbranched alkanes of at least 4 members (excludes halogenated alkanes) is 4. The maximum absolute atomic E-state index is 9.48. The van der Waals surface area contributed by atoms with Gasteiger partial charge in [0.2, 0.25) is 0 Å². The highest BCUT2D eigenvalue weighted by atomic mass is 16.3. The summed E-state index contributed by atoms with van der Waals surface area (Å²) in [5, 5.41) is 9.48. The fourth-order valence-corrected chi connectivity index (χ4v) is 1.58. The lowest BCUT2D eigenvalue weighted by molar-refractivity contribution is 0.466. The highest BCUT2D eigenvalue weighted by Gasteiger charge is 1.98. The van der Waals surface area contributed by atoms with Gasteiger partial charge in [0.15, 0.2) is 0 Å². The van der Waals surface area contributed by atoms with Crippen molar-refractivity contribution in [2.24, 2.45) is 0 Å². The molecule has 1 N–H and O–H groups in total. The van der Waals surface area contributed by atoms with Crippen LogP contribution in [0.25, 0.3) is 0 Å². The third-order valence-corrected chi connectivity index (χ3v) is 2.48. The Kier molecular flexibility index (Phi) is 5.13. The van der Waals surface area contributed by atoms with Crippen LogP contribution in [0, 0.1) is 6.07 Å². The van der Waals surface area contributed by atoms with Gasteiger partial charge in [-0.05, 0) is 30.5 Å². The van der Waals surface area contributed by atoms with Crippen molar-refractivity contribution in [1.82, 2.24) is 0 Å². The molecule has 0 atom stereocenters. The summed E-state index contributed by atoms with van der Waals surface area (Å²) in [6.07, 6.45) is 7.37. The Morgan fingerprint density at radius 1 is 1.21 bits per heavy atom. The topological polar surface area (TPSA) is 20.2 Å². The first-order valence-corrected chi connectivity index (χ1v) is 5.52.